The normalized spacial score (nSPS) is 9.29. The summed E-state index contributed by atoms with van der Waals surface area (Å²) in [7, 11) is 0. The monoisotopic (exact) mass is 315 g/mol. The van der Waals surface area contributed by atoms with Crippen molar-refractivity contribution in [2.45, 2.75) is 6.92 Å². The zero-order chi connectivity index (χ0) is 12.8. The third-order valence-corrected chi connectivity index (χ3v) is 2.59. The Hall–Kier alpha value is -1.47. The van der Waals surface area contributed by atoms with Gasteiger partial charge in [0.1, 0.15) is 0 Å². The largest absolute Gasteiger partial charge is 0.302 e. The van der Waals surface area contributed by atoms with Gasteiger partial charge in [-0.1, -0.05) is 12.1 Å². The van der Waals surface area contributed by atoms with E-state index in [0.717, 1.165) is 0 Å². The second-order valence-electron chi connectivity index (χ2n) is 3.07. The second-order valence-corrected chi connectivity index (χ2v) is 4.33. The lowest BCUT2D eigenvalue weighted by molar-refractivity contribution is -0.117. The van der Waals surface area contributed by atoms with E-state index >= 15 is 0 Å². The quantitative estimate of drug-likeness (QED) is 0.536. The van der Waals surface area contributed by atoms with Crippen LogP contribution < -0.4 is 16.2 Å². The smallest absolute Gasteiger partial charge is 0.270 e. The molecule has 0 unspecified atom stereocenters. The maximum absolute atomic E-state index is 11.7. The van der Waals surface area contributed by atoms with Gasteiger partial charge in [0, 0.05) is 11.4 Å². The van der Waals surface area contributed by atoms with Crippen LogP contribution in [0.4, 0.5) is 0 Å². The van der Waals surface area contributed by atoms with Crippen molar-refractivity contribution in [1.82, 2.24) is 16.2 Å². The Morgan fingerprint density at radius 2 is 1.88 bits per heavy atom. The van der Waals surface area contributed by atoms with Crippen LogP contribution in [0.25, 0.3) is 0 Å². The van der Waals surface area contributed by atoms with Crippen molar-refractivity contribution >= 4 is 45.1 Å². The number of thiocarbonyl (C=S) groups is 1. The molecule has 2 amide bonds. The van der Waals surface area contributed by atoms with Gasteiger partial charge >= 0.3 is 0 Å². The molecule has 5 nitrogen and oxygen atoms in total. The van der Waals surface area contributed by atoms with Crippen LogP contribution in [0.3, 0.4) is 0 Å². The highest BCUT2D eigenvalue weighted by molar-refractivity contribution is 9.10. The van der Waals surface area contributed by atoms with Gasteiger partial charge in [-0.15, -0.1) is 0 Å². The summed E-state index contributed by atoms with van der Waals surface area (Å²) in [5.74, 6) is -0.664. The van der Waals surface area contributed by atoms with E-state index in [-0.39, 0.29) is 16.9 Å². The van der Waals surface area contributed by atoms with Gasteiger partial charge in [-0.2, -0.15) is 0 Å². The maximum Gasteiger partial charge on any atom is 0.270 e. The molecule has 3 N–H and O–H groups in total. The van der Waals surface area contributed by atoms with Gasteiger partial charge in [-0.3, -0.25) is 20.4 Å². The van der Waals surface area contributed by atoms with Gasteiger partial charge in [0.05, 0.1) is 5.56 Å². The maximum atomic E-state index is 11.7. The van der Waals surface area contributed by atoms with Gasteiger partial charge in [0.15, 0.2) is 5.11 Å². The second kappa shape index (κ2) is 6.31. The molecule has 1 aromatic rings. The molecule has 1 aromatic carbocycles. The minimum Gasteiger partial charge on any atom is -0.302 e. The van der Waals surface area contributed by atoms with Crippen molar-refractivity contribution in [3.8, 4) is 0 Å². The first kappa shape index (κ1) is 13.6. The minimum atomic E-state index is -0.356. The Kier molecular flexibility index (Phi) is 5.05. The molecule has 0 radical (unpaired) electrons. The first-order chi connectivity index (χ1) is 8.00. The van der Waals surface area contributed by atoms with Crippen molar-refractivity contribution in [3.63, 3.8) is 0 Å². The fourth-order valence-corrected chi connectivity index (χ4v) is 1.68. The fourth-order valence-electron chi connectivity index (χ4n) is 1.02. The predicted octanol–water partition coefficient (Wildman–Crippen LogP) is 1.10. The topological polar surface area (TPSA) is 70.2 Å². The lowest BCUT2D eigenvalue weighted by atomic mass is 10.2. The molecule has 90 valence electrons. The van der Waals surface area contributed by atoms with Gasteiger partial charge in [0.25, 0.3) is 5.91 Å². The number of rotatable bonds is 1. The van der Waals surface area contributed by atoms with Gasteiger partial charge < -0.3 is 5.32 Å². The lowest BCUT2D eigenvalue weighted by Gasteiger charge is -2.10. The molecule has 7 heteroatoms. The fraction of sp³-hybridized carbons (Fsp3) is 0.100. The summed E-state index contributed by atoms with van der Waals surface area (Å²) in [4.78, 5) is 22.3. The molecular formula is C10H10BrN3O2S. The standard InChI is InChI=1S/C10H10BrN3O2S/c1-6(15)12-10(17)14-13-9(16)7-4-2-3-5-8(7)11/h2-5H,1H3,(H,13,16)(H2,12,14,15,17). The number of carbonyl (C=O) groups is 2. The summed E-state index contributed by atoms with van der Waals surface area (Å²) in [6.07, 6.45) is 0. The molecule has 0 bridgehead atoms. The molecule has 0 aliphatic rings. The molecule has 1 rings (SSSR count). The van der Waals surface area contributed by atoms with Gasteiger partial charge in [-0.05, 0) is 40.3 Å². The van der Waals surface area contributed by atoms with E-state index in [0.29, 0.717) is 10.0 Å². The molecule has 17 heavy (non-hydrogen) atoms. The van der Waals surface area contributed by atoms with Crippen molar-refractivity contribution < 1.29 is 9.59 Å². The van der Waals surface area contributed by atoms with E-state index in [1.165, 1.54) is 6.92 Å². The number of halogens is 1. The summed E-state index contributed by atoms with van der Waals surface area (Å²) < 4.78 is 0.671. The highest BCUT2D eigenvalue weighted by atomic mass is 79.9. The van der Waals surface area contributed by atoms with Crippen molar-refractivity contribution in [3.05, 3.63) is 34.3 Å². The third-order valence-electron chi connectivity index (χ3n) is 1.70. The van der Waals surface area contributed by atoms with E-state index < -0.39 is 0 Å². The van der Waals surface area contributed by atoms with Crippen LogP contribution in [0.2, 0.25) is 0 Å². The van der Waals surface area contributed by atoms with Crippen molar-refractivity contribution in [1.29, 1.82) is 0 Å². The van der Waals surface area contributed by atoms with Gasteiger partial charge in [-0.25, -0.2) is 0 Å². The Bertz CT molecular complexity index is 465. The van der Waals surface area contributed by atoms with Crippen LogP contribution in [0.15, 0.2) is 28.7 Å². The first-order valence-electron chi connectivity index (χ1n) is 4.63. The number of hydrogen-bond donors (Lipinski definition) is 3. The van der Waals surface area contributed by atoms with Crippen LogP contribution in [0, 0.1) is 0 Å². The number of hydrazine groups is 1. The van der Waals surface area contributed by atoms with Crippen LogP contribution in [-0.4, -0.2) is 16.9 Å². The molecule has 0 atom stereocenters. The van der Waals surface area contributed by atoms with E-state index in [2.05, 4.69) is 32.1 Å². The number of nitrogens with one attached hydrogen (secondary N) is 3. The SMILES string of the molecule is CC(=O)NC(=S)NNC(=O)c1ccccc1Br. The molecule has 0 heterocycles. The number of amides is 2. The van der Waals surface area contributed by atoms with E-state index in [1.807, 2.05) is 0 Å². The summed E-state index contributed by atoms with van der Waals surface area (Å²) in [6, 6.07) is 6.95. The molecule has 0 aliphatic carbocycles. The summed E-state index contributed by atoms with van der Waals surface area (Å²) in [5.41, 5.74) is 5.25. The Morgan fingerprint density at radius 1 is 1.24 bits per heavy atom. The number of carbonyl (C=O) groups excluding carboxylic acids is 2. The Labute approximate surface area is 112 Å². The molecule has 0 aromatic heterocycles. The summed E-state index contributed by atoms with van der Waals surface area (Å²) in [5, 5.41) is 2.36. The third kappa shape index (κ3) is 4.49. The Balaban J connectivity index is 2.54. The molecule has 0 saturated heterocycles. The first-order valence-corrected chi connectivity index (χ1v) is 5.83. The molecular weight excluding hydrogens is 306 g/mol. The predicted molar refractivity (Wildman–Crippen MR) is 71.2 cm³/mol. The summed E-state index contributed by atoms with van der Waals surface area (Å²) >= 11 is 8.01. The highest BCUT2D eigenvalue weighted by Gasteiger charge is 2.08. The van der Waals surface area contributed by atoms with Crippen molar-refractivity contribution in [2.75, 3.05) is 0 Å². The number of hydrogen-bond acceptors (Lipinski definition) is 3. The molecule has 0 saturated carbocycles. The lowest BCUT2D eigenvalue weighted by Crippen LogP contribution is -2.48. The van der Waals surface area contributed by atoms with E-state index in [1.54, 1.807) is 24.3 Å². The highest BCUT2D eigenvalue weighted by Crippen LogP contribution is 2.14. The van der Waals surface area contributed by atoms with Crippen LogP contribution >= 0.6 is 28.1 Å². The average Bonchev–Trinajstić information content (AvgIpc) is 2.25. The van der Waals surface area contributed by atoms with Crippen molar-refractivity contribution in [2.24, 2.45) is 0 Å². The van der Waals surface area contributed by atoms with Crippen LogP contribution in [-0.2, 0) is 4.79 Å². The number of benzene rings is 1. The van der Waals surface area contributed by atoms with Gasteiger partial charge in [0.2, 0.25) is 5.91 Å². The molecule has 0 aliphatic heterocycles. The van der Waals surface area contributed by atoms with E-state index in [9.17, 15) is 9.59 Å². The minimum absolute atomic E-state index is 0.0397. The zero-order valence-electron chi connectivity index (χ0n) is 8.91. The van der Waals surface area contributed by atoms with Crippen LogP contribution in [0.5, 0.6) is 0 Å². The molecule has 0 spiro atoms. The molecule has 0 fully saturated rings. The summed E-state index contributed by atoms with van der Waals surface area (Å²) in [6.45, 7) is 1.32. The van der Waals surface area contributed by atoms with E-state index in [4.69, 9.17) is 12.2 Å². The van der Waals surface area contributed by atoms with Crippen LogP contribution in [0.1, 0.15) is 17.3 Å². The Morgan fingerprint density at radius 3 is 2.47 bits per heavy atom. The zero-order valence-corrected chi connectivity index (χ0v) is 11.3. The average molecular weight is 316 g/mol.